The average molecular weight is 452 g/mol. The van der Waals surface area contributed by atoms with Crippen molar-refractivity contribution < 1.29 is 32.8 Å². The first-order valence-corrected chi connectivity index (χ1v) is 12.9. The van der Waals surface area contributed by atoms with Crippen molar-refractivity contribution in [3.63, 3.8) is 0 Å². The van der Waals surface area contributed by atoms with E-state index in [4.69, 9.17) is 13.8 Å². The molecule has 7 nitrogen and oxygen atoms in total. The lowest BCUT2D eigenvalue weighted by Crippen LogP contribution is -2.37. The van der Waals surface area contributed by atoms with Crippen LogP contribution in [0.25, 0.3) is 0 Å². The summed E-state index contributed by atoms with van der Waals surface area (Å²) in [6.07, 6.45) is 15.6. The van der Waals surface area contributed by atoms with Crippen LogP contribution in [-0.2, 0) is 18.3 Å². The van der Waals surface area contributed by atoms with Gasteiger partial charge in [0.1, 0.15) is 19.3 Å². The first-order chi connectivity index (χ1) is 14.2. The highest BCUT2D eigenvalue weighted by atomic mass is 31.2. The van der Waals surface area contributed by atoms with Crippen LogP contribution in [0.4, 0.5) is 0 Å². The second kappa shape index (κ2) is 18.3. The molecule has 180 valence electrons. The molecule has 0 radical (unpaired) electrons. The normalized spacial score (nSPS) is 15.5. The lowest BCUT2D eigenvalue weighted by Gasteiger charge is -2.27. The fraction of sp³-hybridized carbons (Fsp3) is 0.909. The van der Waals surface area contributed by atoms with Crippen LogP contribution in [0.3, 0.4) is 0 Å². The summed E-state index contributed by atoms with van der Waals surface area (Å²) in [5.74, 6) is 0. The summed E-state index contributed by atoms with van der Waals surface area (Å²) in [5.41, 5.74) is 0. The molecule has 0 saturated carbocycles. The van der Waals surface area contributed by atoms with Gasteiger partial charge < -0.3 is 28.3 Å². The van der Waals surface area contributed by atoms with E-state index in [2.05, 4.69) is 19.1 Å². The van der Waals surface area contributed by atoms with Crippen molar-refractivity contribution in [1.29, 1.82) is 0 Å². The van der Waals surface area contributed by atoms with Crippen LogP contribution in [0, 0.1) is 0 Å². The number of aliphatic hydroxyl groups excluding tert-OH is 1. The monoisotopic (exact) mass is 451 g/mol. The van der Waals surface area contributed by atoms with Gasteiger partial charge in [-0.1, -0.05) is 57.6 Å². The lowest BCUT2D eigenvalue weighted by atomic mass is 10.1. The van der Waals surface area contributed by atoms with Crippen LogP contribution < -0.4 is 4.89 Å². The number of likely N-dealkylation sites (N-methyl/N-ethyl adjacent to an activating group) is 1. The molecule has 0 aromatic carbocycles. The Labute approximate surface area is 184 Å². The van der Waals surface area contributed by atoms with Gasteiger partial charge in [0.05, 0.1) is 34.4 Å². The third-order valence-electron chi connectivity index (χ3n) is 4.55. The van der Waals surface area contributed by atoms with Crippen molar-refractivity contribution in [3.8, 4) is 0 Å². The first-order valence-electron chi connectivity index (χ1n) is 11.5. The molecule has 0 saturated heterocycles. The molecule has 0 amide bonds. The lowest BCUT2D eigenvalue weighted by molar-refractivity contribution is -0.870. The van der Waals surface area contributed by atoms with E-state index in [1.54, 1.807) is 0 Å². The minimum atomic E-state index is -4.39. The van der Waals surface area contributed by atoms with Gasteiger partial charge in [-0.2, -0.15) is 0 Å². The summed E-state index contributed by atoms with van der Waals surface area (Å²) in [6, 6.07) is 0. The Morgan fingerprint density at radius 3 is 2.13 bits per heavy atom. The van der Waals surface area contributed by atoms with Crippen LogP contribution in [-0.4, -0.2) is 69.8 Å². The SMILES string of the molecule is CCCC/C=C\CCCCCCCCOCC(O)COP(=O)([O-])OCC[N+](C)(C)C. The van der Waals surface area contributed by atoms with Gasteiger partial charge in [-0.05, 0) is 25.7 Å². The van der Waals surface area contributed by atoms with Gasteiger partial charge in [-0.15, -0.1) is 0 Å². The van der Waals surface area contributed by atoms with Crippen LogP contribution in [0.15, 0.2) is 12.2 Å². The predicted octanol–water partition coefficient (Wildman–Crippen LogP) is 4.05. The van der Waals surface area contributed by atoms with Crippen molar-refractivity contribution in [1.82, 2.24) is 0 Å². The zero-order chi connectivity index (χ0) is 22.7. The van der Waals surface area contributed by atoms with Gasteiger partial charge in [0.15, 0.2) is 0 Å². The minimum absolute atomic E-state index is 0.0481. The summed E-state index contributed by atoms with van der Waals surface area (Å²) in [6.45, 7) is 3.08. The number of hydrogen-bond acceptors (Lipinski definition) is 6. The van der Waals surface area contributed by atoms with Gasteiger partial charge in [-0.3, -0.25) is 4.57 Å². The third-order valence-corrected chi connectivity index (χ3v) is 5.51. The molecule has 8 heteroatoms. The topological polar surface area (TPSA) is 88.0 Å². The van der Waals surface area contributed by atoms with E-state index >= 15 is 0 Å². The number of ether oxygens (including phenoxy) is 1. The highest BCUT2D eigenvalue weighted by Crippen LogP contribution is 2.38. The highest BCUT2D eigenvalue weighted by Gasteiger charge is 2.15. The number of hydrogen-bond donors (Lipinski definition) is 1. The van der Waals surface area contributed by atoms with Gasteiger partial charge in [-0.25, -0.2) is 0 Å². The molecule has 0 aliphatic carbocycles. The molecule has 1 N–H and O–H groups in total. The van der Waals surface area contributed by atoms with Gasteiger partial charge in [0.25, 0.3) is 7.82 Å². The number of quaternary nitrogens is 1. The fourth-order valence-corrected chi connectivity index (χ4v) is 3.37. The van der Waals surface area contributed by atoms with Crippen molar-refractivity contribution in [2.75, 3.05) is 54.1 Å². The Morgan fingerprint density at radius 1 is 0.900 bits per heavy atom. The molecule has 2 atom stereocenters. The standard InChI is InChI=1S/C22H46NO6P/c1-5-6-7-8-9-10-11-12-13-14-15-16-18-27-20-22(24)21-29-30(25,26)28-19-17-23(2,3)4/h8-9,22,24H,5-7,10-21H2,1-4H3/b9-8-. The maximum Gasteiger partial charge on any atom is 0.268 e. The molecule has 0 bridgehead atoms. The Hall–Kier alpha value is -0.270. The van der Waals surface area contributed by atoms with Crippen molar-refractivity contribution in [2.24, 2.45) is 0 Å². The summed E-state index contributed by atoms with van der Waals surface area (Å²) in [4.78, 5) is 11.6. The van der Waals surface area contributed by atoms with E-state index in [9.17, 15) is 14.6 Å². The number of aliphatic hydroxyl groups is 1. The van der Waals surface area contributed by atoms with Crippen molar-refractivity contribution in [2.45, 2.75) is 77.2 Å². The van der Waals surface area contributed by atoms with E-state index in [0.29, 0.717) is 17.6 Å². The number of rotatable bonds is 21. The smallest absolute Gasteiger partial charge is 0.268 e. The molecule has 0 heterocycles. The van der Waals surface area contributed by atoms with Crippen molar-refractivity contribution >= 4 is 7.82 Å². The number of unbranched alkanes of at least 4 members (excludes halogenated alkanes) is 8. The fourth-order valence-electron chi connectivity index (χ4n) is 2.64. The zero-order valence-corrected chi connectivity index (χ0v) is 20.6. The average Bonchev–Trinajstić information content (AvgIpc) is 2.65. The number of phosphoric acid groups is 1. The second-order valence-electron chi connectivity index (χ2n) is 8.84. The molecule has 30 heavy (non-hydrogen) atoms. The van der Waals surface area contributed by atoms with Gasteiger partial charge in [0.2, 0.25) is 0 Å². The highest BCUT2D eigenvalue weighted by molar-refractivity contribution is 7.45. The summed E-state index contributed by atoms with van der Waals surface area (Å²) in [7, 11) is 1.43. The van der Waals surface area contributed by atoms with Crippen LogP contribution in [0.1, 0.15) is 71.1 Å². The minimum Gasteiger partial charge on any atom is -0.756 e. The third kappa shape index (κ3) is 22.4. The molecule has 0 aliphatic heterocycles. The Balaban J connectivity index is 3.49. The summed E-state index contributed by atoms with van der Waals surface area (Å²) >= 11 is 0. The van der Waals surface area contributed by atoms with Gasteiger partial charge >= 0.3 is 0 Å². The Bertz CT molecular complexity index is 467. The molecular formula is C22H46NO6P. The largest absolute Gasteiger partial charge is 0.756 e. The maximum absolute atomic E-state index is 11.6. The molecule has 0 aromatic rings. The number of allylic oxidation sites excluding steroid dienone is 2. The van der Waals surface area contributed by atoms with E-state index in [-0.39, 0.29) is 19.8 Å². The molecule has 0 aliphatic rings. The number of nitrogens with zero attached hydrogens (tertiary/aromatic N) is 1. The summed E-state index contributed by atoms with van der Waals surface area (Å²) in [5, 5.41) is 9.78. The number of phosphoric ester groups is 1. The van der Waals surface area contributed by atoms with Crippen LogP contribution >= 0.6 is 7.82 Å². The second-order valence-corrected chi connectivity index (χ2v) is 10.3. The van der Waals surface area contributed by atoms with E-state index in [1.165, 1.54) is 51.4 Å². The molecule has 0 fully saturated rings. The van der Waals surface area contributed by atoms with Crippen LogP contribution in [0.5, 0.6) is 0 Å². The molecule has 2 unspecified atom stereocenters. The van der Waals surface area contributed by atoms with Gasteiger partial charge in [0, 0.05) is 6.61 Å². The molecule has 0 rings (SSSR count). The summed E-state index contributed by atoms with van der Waals surface area (Å²) < 4.78 is 27.1. The Morgan fingerprint density at radius 2 is 1.50 bits per heavy atom. The zero-order valence-electron chi connectivity index (χ0n) is 19.7. The Kier molecular flexibility index (Phi) is 18.2. The van der Waals surface area contributed by atoms with Crippen LogP contribution in [0.2, 0.25) is 0 Å². The maximum atomic E-state index is 11.6. The molecular weight excluding hydrogens is 405 g/mol. The van der Waals surface area contributed by atoms with E-state index < -0.39 is 13.9 Å². The first kappa shape index (κ1) is 29.7. The quantitative estimate of drug-likeness (QED) is 0.123. The molecule has 0 spiro atoms. The van der Waals surface area contributed by atoms with Crippen molar-refractivity contribution in [3.05, 3.63) is 12.2 Å². The molecule has 0 aromatic heterocycles. The van der Waals surface area contributed by atoms with E-state index in [0.717, 1.165) is 12.8 Å². The predicted molar refractivity (Wildman–Crippen MR) is 120 cm³/mol. The van der Waals surface area contributed by atoms with E-state index in [1.807, 2.05) is 21.1 Å².